The van der Waals surface area contributed by atoms with Gasteiger partial charge in [0.25, 0.3) is 0 Å². The van der Waals surface area contributed by atoms with Crippen LogP contribution in [-0.4, -0.2) is 17.8 Å². The molecule has 0 spiro atoms. The third kappa shape index (κ3) is 3.44. The van der Waals surface area contributed by atoms with Crippen LogP contribution in [0.4, 0.5) is 4.39 Å². The Kier molecular flexibility index (Phi) is 4.04. The second-order valence-electron chi connectivity index (χ2n) is 3.56. The number of aliphatic hydroxyl groups is 1. The Hall–Kier alpha value is -0.930. The lowest BCUT2D eigenvalue weighted by molar-refractivity contribution is 0.191. The molecule has 3 heteroatoms. The molecule has 1 atom stereocenters. The fourth-order valence-corrected chi connectivity index (χ4v) is 1.24. The second kappa shape index (κ2) is 5.08. The Bertz CT molecular complexity index is 299. The highest BCUT2D eigenvalue weighted by Crippen LogP contribution is 2.08. The molecular weight excluding hydrogens is 181 g/mol. The van der Waals surface area contributed by atoms with Crippen LogP contribution in [0.5, 0.6) is 0 Å². The van der Waals surface area contributed by atoms with Crippen LogP contribution in [0, 0.1) is 12.7 Å². The van der Waals surface area contributed by atoms with Crippen molar-refractivity contribution in [1.82, 2.24) is 5.32 Å². The Morgan fingerprint density at radius 3 is 2.79 bits per heavy atom. The standard InChI is InChI=1S/C11H16FNO/c1-8-5-10(3-4-11(8)12)7-13-6-9(2)14/h3-5,9,13-14H,6-7H2,1-2H3/t9-/m1/s1. The zero-order valence-electron chi connectivity index (χ0n) is 8.55. The van der Waals surface area contributed by atoms with Gasteiger partial charge in [-0.15, -0.1) is 0 Å². The first kappa shape index (κ1) is 11.1. The lowest BCUT2D eigenvalue weighted by atomic mass is 10.1. The third-order valence-electron chi connectivity index (χ3n) is 1.99. The molecule has 2 nitrogen and oxygen atoms in total. The van der Waals surface area contributed by atoms with Crippen LogP contribution in [0.3, 0.4) is 0 Å². The smallest absolute Gasteiger partial charge is 0.126 e. The quantitative estimate of drug-likeness (QED) is 0.768. The molecule has 0 aromatic heterocycles. The fourth-order valence-electron chi connectivity index (χ4n) is 1.24. The summed E-state index contributed by atoms with van der Waals surface area (Å²) in [5.74, 6) is -0.177. The zero-order valence-corrected chi connectivity index (χ0v) is 8.55. The van der Waals surface area contributed by atoms with Gasteiger partial charge >= 0.3 is 0 Å². The van der Waals surface area contributed by atoms with Crippen molar-refractivity contribution in [2.75, 3.05) is 6.54 Å². The Morgan fingerprint density at radius 2 is 2.21 bits per heavy atom. The highest BCUT2D eigenvalue weighted by Gasteiger charge is 1.99. The number of halogens is 1. The zero-order chi connectivity index (χ0) is 10.6. The van der Waals surface area contributed by atoms with Crippen molar-refractivity contribution in [2.45, 2.75) is 26.5 Å². The summed E-state index contributed by atoms with van der Waals surface area (Å²) in [5.41, 5.74) is 1.69. The van der Waals surface area contributed by atoms with E-state index in [-0.39, 0.29) is 11.9 Å². The molecule has 1 rings (SSSR count). The van der Waals surface area contributed by atoms with E-state index in [1.54, 1.807) is 19.9 Å². The first-order valence-electron chi connectivity index (χ1n) is 4.73. The SMILES string of the molecule is Cc1cc(CNC[C@@H](C)O)ccc1F. The number of benzene rings is 1. The van der Waals surface area contributed by atoms with Crippen molar-refractivity contribution in [3.05, 3.63) is 35.1 Å². The molecule has 0 aliphatic heterocycles. The van der Waals surface area contributed by atoms with Gasteiger partial charge in [0.2, 0.25) is 0 Å². The molecule has 0 aliphatic rings. The maximum atomic E-state index is 12.9. The molecule has 0 unspecified atom stereocenters. The lowest BCUT2D eigenvalue weighted by Gasteiger charge is -2.07. The van der Waals surface area contributed by atoms with E-state index in [9.17, 15) is 4.39 Å². The van der Waals surface area contributed by atoms with Crippen LogP contribution in [0.25, 0.3) is 0 Å². The van der Waals surface area contributed by atoms with Gasteiger partial charge in [0.05, 0.1) is 6.10 Å². The molecule has 0 amide bonds. The Balaban J connectivity index is 2.47. The molecule has 1 aromatic rings. The largest absolute Gasteiger partial charge is 0.392 e. The summed E-state index contributed by atoms with van der Waals surface area (Å²) < 4.78 is 12.9. The van der Waals surface area contributed by atoms with E-state index in [0.717, 1.165) is 5.56 Å². The van der Waals surface area contributed by atoms with Crippen LogP contribution in [0.15, 0.2) is 18.2 Å². The van der Waals surface area contributed by atoms with Gasteiger partial charge in [0.15, 0.2) is 0 Å². The van der Waals surface area contributed by atoms with Crippen LogP contribution in [0.2, 0.25) is 0 Å². The predicted molar refractivity (Wildman–Crippen MR) is 54.5 cm³/mol. The maximum Gasteiger partial charge on any atom is 0.126 e. The minimum atomic E-state index is -0.350. The van der Waals surface area contributed by atoms with Gasteiger partial charge in [-0.3, -0.25) is 0 Å². The van der Waals surface area contributed by atoms with E-state index < -0.39 is 0 Å². The highest BCUT2D eigenvalue weighted by atomic mass is 19.1. The van der Waals surface area contributed by atoms with Crippen molar-refractivity contribution in [3.63, 3.8) is 0 Å². The van der Waals surface area contributed by atoms with Gasteiger partial charge < -0.3 is 10.4 Å². The van der Waals surface area contributed by atoms with Gasteiger partial charge in [0.1, 0.15) is 5.82 Å². The number of hydrogen-bond acceptors (Lipinski definition) is 2. The van der Waals surface area contributed by atoms with E-state index in [4.69, 9.17) is 5.11 Å². The molecule has 0 saturated carbocycles. The lowest BCUT2D eigenvalue weighted by Crippen LogP contribution is -2.23. The minimum Gasteiger partial charge on any atom is -0.392 e. The summed E-state index contributed by atoms with van der Waals surface area (Å²) in [4.78, 5) is 0. The summed E-state index contributed by atoms with van der Waals surface area (Å²) >= 11 is 0. The predicted octanol–water partition coefficient (Wildman–Crippen LogP) is 1.60. The average molecular weight is 197 g/mol. The van der Waals surface area contributed by atoms with E-state index in [0.29, 0.717) is 18.7 Å². The van der Waals surface area contributed by atoms with Crippen molar-refractivity contribution < 1.29 is 9.50 Å². The first-order valence-corrected chi connectivity index (χ1v) is 4.73. The van der Waals surface area contributed by atoms with E-state index in [1.807, 2.05) is 6.07 Å². The van der Waals surface area contributed by atoms with Crippen molar-refractivity contribution in [2.24, 2.45) is 0 Å². The number of hydrogen-bond donors (Lipinski definition) is 2. The molecular formula is C11H16FNO. The second-order valence-corrected chi connectivity index (χ2v) is 3.56. The normalized spacial score (nSPS) is 12.9. The van der Waals surface area contributed by atoms with E-state index >= 15 is 0 Å². The molecule has 0 bridgehead atoms. The van der Waals surface area contributed by atoms with Gasteiger partial charge in [-0.25, -0.2) is 4.39 Å². The molecule has 14 heavy (non-hydrogen) atoms. The third-order valence-corrected chi connectivity index (χ3v) is 1.99. The number of nitrogens with one attached hydrogen (secondary N) is 1. The summed E-state index contributed by atoms with van der Waals surface area (Å²) in [6.45, 7) is 4.68. The molecule has 2 N–H and O–H groups in total. The first-order chi connectivity index (χ1) is 6.59. The Labute approximate surface area is 83.8 Å². The average Bonchev–Trinajstić information content (AvgIpc) is 2.10. The molecule has 0 fully saturated rings. The summed E-state index contributed by atoms with van der Waals surface area (Å²) in [5, 5.41) is 12.1. The minimum absolute atomic E-state index is 0.177. The maximum absolute atomic E-state index is 12.9. The number of rotatable bonds is 4. The van der Waals surface area contributed by atoms with Crippen LogP contribution in [-0.2, 0) is 6.54 Å². The molecule has 0 radical (unpaired) electrons. The number of aliphatic hydroxyl groups excluding tert-OH is 1. The van der Waals surface area contributed by atoms with E-state index in [1.165, 1.54) is 6.07 Å². The van der Waals surface area contributed by atoms with Crippen LogP contribution < -0.4 is 5.32 Å². The Morgan fingerprint density at radius 1 is 1.50 bits per heavy atom. The summed E-state index contributed by atoms with van der Waals surface area (Å²) in [6, 6.07) is 5.02. The molecule has 1 aromatic carbocycles. The van der Waals surface area contributed by atoms with Crippen molar-refractivity contribution >= 4 is 0 Å². The summed E-state index contributed by atoms with van der Waals surface area (Å²) in [7, 11) is 0. The molecule has 78 valence electrons. The van der Waals surface area contributed by atoms with Crippen LogP contribution in [0.1, 0.15) is 18.1 Å². The number of aryl methyl sites for hydroxylation is 1. The van der Waals surface area contributed by atoms with Crippen molar-refractivity contribution in [3.8, 4) is 0 Å². The topological polar surface area (TPSA) is 32.3 Å². The fraction of sp³-hybridized carbons (Fsp3) is 0.455. The monoisotopic (exact) mass is 197 g/mol. The van der Waals surface area contributed by atoms with Gasteiger partial charge in [-0.2, -0.15) is 0 Å². The molecule has 0 aliphatic carbocycles. The summed E-state index contributed by atoms with van der Waals surface area (Å²) in [6.07, 6.45) is -0.350. The van der Waals surface area contributed by atoms with E-state index in [2.05, 4.69) is 5.32 Å². The van der Waals surface area contributed by atoms with Gasteiger partial charge in [0, 0.05) is 13.1 Å². The van der Waals surface area contributed by atoms with Crippen LogP contribution >= 0.6 is 0 Å². The van der Waals surface area contributed by atoms with Gasteiger partial charge in [-0.1, -0.05) is 12.1 Å². The molecule has 0 heterocycles. The van der Waals surface area contributed by atoms with Gasteiger partial charge in [-0.05, 0) is 31.0 Å². The highest BCUT2D eigenvalue weighted by molar-refractivity contribution is 5.23. The molecule has 0 saturated heterocycles. The van der Waals surface area contributed by atoms with Crippen molar-refractivity contribution in [1.29, 1.82) is 0 Å².